The lowest BCUT2D eigenvalue weighted by Gasteiger charge is -2.21. The van der Waals surface area contributed by atoms with Crippen LogP contribution in [0.3, 0.4) is 0 Å². The third-order valence-electron chi connectivity index (χ3n) is 5.13. The largest absolute Gasteiger partial charge is 0.358 e. The third kappa shape index (κ3) is 3.66. The number of benzene rings is 2. The van der Waals surface area contributed by atoms with Crippen LogP contribution in [-0.4, -0.2) is 29.6 Å². The van der Waals surface area contributed by atoms with Gasteiger partial charge in [0.25, 0.3) is 5.56 Å². The molecule has 0 spiro atoms. The molecule has 0 amide bonds. The summed E-state index contributed by atoms with van der Waals surface area (Å²) in [6, 6.07) is 15.0. The first kappa shape index (κ1) is 20.4. The highest BCUT2D eigenvalue weighted by Gasteiger charge is 2.20. The summed E-state index contributed by atoms with van der Waals surface area (Å²) in [5.74, 6) is 1.09. The summed E-state index contributed by atoms with van der Waals surface area (Å²) in [5.41, 5.74) is 6.73. The molecule has 9 nitrogen and oxygen atoms in total. The van der Waals surface area contributed by atoms with Crippen molar-refractivity contribution >= 4 is 56.2 Å². The SMILES string of the molecule is CC(Nc1ncnc2[nH]cnc12)c1nc2cccc(CI)c2c(=O)n1Nc1ccccc1. The van der Waals surface area contributed by atoms with E-state index in [9.17, 15) is 4.79 Å². The Hall–Kier alpha value is -3.54. The molecule has 0 fully saturated rings. The molecule has 0 aliphatic heterocycles. The van der Waals surface area contributed by atoms with Gasteiger partial charge in [0.1, 0.15) is 11.8 Å². The molecule has 0 bridgehead atoms. The Balaban J connectivity index is 1.65. The van der Waals surface area contributed by atoms with Crippen LogP contribution in [0.2, 0.25) is 0 Å². The minimum absolute atomic E-state index is 0.151. The van der Waals surface area contributed by atoms with Crippen LogP contribution in [0.1, 0.15) is 24.4 Å². The minimum Gasteiger partial charge on any atom is -0.358 e. The van der Waals surface area contributed by atoms with Gasteiger partial charge in [-0.15, -0.1) is 0 Å². The molecule has 32 heavy (non-hydrogen) atoms. The first-order chi connectivity index (χ1) is 15.7. The molecule has 0 saturated carbocycles. The highest BCUT2D eigenvalue weighted by Crippen LogP contribution is 2.23. The van der Waals surface area contributed by atoms with Crippen LogP contribution >= 0.6 is 22.6 Å². The van der Waals surface area contributed by atoms with Crippen LogP contribution in [0.5, 0.6) is 0 Å². The fraction of sp³-hybridized carbons (Fsp3) is 0.136. The standard InChI is InChI=1S/C22H19IN8O/c1-13(28-20-18-19(25-11-24-18)26-12-27-20)21-29-16-9-5-6-14(10-23)17(16)22(32)31(21)30-15-7-3-2-4-8-15/h2-9,11-13,30H,10H2,1H3,(H2,24,25,26,27,28). The van der Waals surface area contributed by atoms with Gasteiger partial charge in [-0.05, 0) is 30.7 Å². The normalized spacial score (nSPS) is 12.2. The first-order valence-corrected chi connectivity index (χ1v) is 11.5. The highest BCUT2D eigenvalue weighted by molar-refractivity contribution is 14.1. The van der Waals surface area contributed by atoms with Crippen molar-refractivity contribution in [3.63, 3.8) is 0 Å². The number of hydrogen-bond donors (Lipinski definition) is 3. The lowest BCUT2D eigenvalue weighted by Crippen LogP contribution is -2.33. The summed E-state index contributed by atoms with van der Waals surface area (Å²) in [6.07, 6.45) is 3.04. The van der Waals surface area contributed by atoms with Crippen molar-refractivity contribution in [2.75, 3.05) is 10.7 Å². The fourth-order valence-electron chi connectivity index (χ4n) is 3.61. The number of fused-ring (bicyclic) bond motifs is 2. The smallest absolute Gasteiger partial charge is 0.280 e. The molecule has 3 N–H and O–H groups in total. The molecule has 1 atom stereocenters. The zero-order valence-corrected chi connectivity index (χ0v) is 19.2. The molecule has 10 heteroatoms. The van der Waals surface area contributed by atoms with Crippen molar-refractivity contribution in [2.24, 2.45) is 0 Å². The third-order valence-corrected chi connectivity index (χ3v) is 5.95. The van der Waals surface area contributed by atoms with Gasteiger partial charge in [0.2, 0.25) is 0 Å². The number of aromatic nitrogens is 6. The molecular weight excluding hydrogens is 519 g/mol. The predicted molar refractivity (Wildman–Crippen MR) is 133 cm³/mol. The van der Waals surface area contributed by atoms with Crippen molar-refractivity contribution in [2.45, 2.75) is 17.4 Å². The van der Waals surface area contributed by atoms with Gasteiger partial charge in [0.15, 0.2) is 17.3 Å². The van der Waals surface area contributed by atoms with E-state index >= 15 is 0 Å². The van der Waals surface area contributed by atoms with Crippen LogP contribution in [0.15, 0.2) is 66.0 Å². The van der Waals surface area contributed by atoms with E-state index in [1.54, 1.807) is 6.33 Å². The zero-order valence-electron chi connectivity index (χ0n) is 17.1. The van der Waals surface area contributed by atoms with Gasteiger partial charge in [-0.2, -0.15) is 0 Å². The molecule has 0 radical (unpaired) electrons. The molecule has 0 aliphatic rings. The van der Waals surface area contributed by atoms with Crippen molar-refractivity contribution in [3.8, 4) is 0 Å². The van der Waals surface area contributed by atoms with E-state index < -0.39 is 0 Å². The van der Waals surface area contributed by atoms with Crippen LogP contribution in [-0.2, 0) is 4.43 Å². The average Bonchev–Trinajstić information content (AvgIpc) is 3.31. The molecule has 0 saturated heterocycles. The number of alkyl halides is 1. The number of nitrogens with one attached hydrogen (secondary N) is 3. The number of nitrogens with zero attached hydrogens (tertiary/aromatic N) is 5. The number of hydrogen-bond acceptors (Lipinski definition) is 7. The van der Waals surface area contributed by atoms with Gasteiger partial charge in [0.05, 0.1) is 29.0 Å². The van der Waals surface area contributed by atoms with Crippen molar-refractivity contribution in [1.29, 1.82) is 0 Å². The zero-order chi connectivity index (χ0) is 22.1. The van der Waals surface area contributed by atoms with E-state index in [0.29, 0.717) is 38.1 Å². The van der Waals surface area contributed by atoms with E-state index in [0.717, 1.165) is 11.3 Å². The summed E-state index contributed by atoms with van der Waals surface area (Å²) in [6.45, 7) is 1.93. The lowest BCUT2D eigenvalue weighted by molar-refractivity contribution is 0.701. The van der Waals surface area contributed by atoms with Gasteiger partial charge in [-0.1, -0.05) is 52.9 Å². The summed E-state index contributed by atoms with van der Waals surface area (Å²) in [7, 11) is 0. The van der Waals surface area contributed by atoms with E-state index in [1.807, 2.05) is 55.5 Å². The number of anilines is 2. The second-order valence-electron chi connectivity index (χ2n) is 7.22. The molecule has 2 aromatic carbocycles. The Morgan fingerprint density at radius 3 is 2.75 bits per heavy atom. The maximum absolute atomic E-state index is 13.6. The van der Waals surface area contributed by atoms with E-state index in [-0.39, 0.29) is 11.6 Å². The monoisotopic (exact) mass is 538 g/mol. The molecule has 1 unspecified atom stereocenters. The van der Waals surface area contributed by atoms with E-state index in [4.69, 9.17) is 4.98 Å². The molecule has 5 aromatic rings. The summed E-state index contributed by atoms with van der Waals surface area (Å²) in [4.78, 5) is 34.3. The number of imidazole rings is 1. The van der Waals surface area contributed by atoms with Crippen LogP contribution in [0.4, 0.5) is 11.5 Å². The fourth-order valence-corrected chi connectivity index (χ4v) is 4.24. The van der Waals surface area contributed by atoms with Gasteiger partial charge >= 0.3 is 0 Å². The van der Waals surface area contributed by atoms with E-state index in [1.165, 1.54) is 11.0 Å². The Bertz CT molecular complexity index is 1460. The molecule has 0 aliphatic carbocycles. The molecule has 5 rings (SSSR count). The molecular formula is C22H19IN8O. The number of aromatic amines is 1. The van der Waals surface area contributed by atoms with E-state index in [2.05, 4.69) is 53.3 Å². The van der Waals surface area contributed by atoms with Gasteiger partial charge in [0, 0.05) is 4.43 Å². The van der Waals surface area contributed by atoms with Crippen LogP contribution in [0, 0.1) is 0 Å². The molecule has 3 heterocycles. The van der Waals surface area contributed by atoms with Gasteiger partial charge in [-0.25, -0.2) is 24.6 Å². The van der Waals surface area contributed by atoms with Gasteiger partial charge < -0.3 is 10.3 Å². The van der Waals surface area contributed by atoms with Crippen LogP contribution < -0.4 is 16.3 Å². The minimum atomic E-state index is -0.360. The summed E-state index contributed by atoms with van der Waals surface area (Å²) >= 11 is 2.27. The molecule has 3 aromatic heterocycles. The Morgan fingerprint density at radius 2 is 1.94 bits per heavy atom. The topological polar surface area (TPSA) is 113 Å². The second-order valence-corrected chi connectivity index (χ2v) is 7.98. The summed E-state index contributed by atoms with van der Waals surface area (Å²) in [5, 5.41) is 3.95. The second kappa shape index (κ2) is 8.54. The van der Waals surface area contributed by atoms with Crippen LogP contribution in [0.25, 0.3) is 22.1 Å². The first-order valence-electron chi connectivity index (χ1n) is 9.99. The van der Waals surface area contributed by atoms with Crippen molar-refractivity contribution < 1.29 is 0 Å². The predicted octanol–water partition coefficient (Wildman–Crippen LogP) is 4.05. The Kier molecular flexibility index (Phi) is 5.43. The quantitative estimate of drug-likeness (QED) is 0.221. The number of halogens is 1. The lowest BCUT2D eigenvalue weighted by atomic mass is 10.1. The number of para-hydroxylation sites is 1. The van der Waals surface area contributed by atoms with Crippen molar-refractivity contribution in [1.82, 2.24) is 29.6 Å². The number of H-pyrrole nitrogens is 1. The Morgan fingerprint density at radius 1 is 1.09 bits per heavy atom. The maximum atomic E-state index is 13.6. The molecule has 160 valence electrons. The van der Waals surface area contributed by atoms with Gasteiger partial charge in [-0.3, -0.25) is 10.2 Å². The average molecular weight is 538 g/mol. The maximum Gasteiger partial charge on any atom is 0.280 e. The Labute approximate surface area is 196 Å². The number of rotatable bonds is 6. The van der Waals surface area contributed by atoms with Crippen molar-refractivity contribution in [3.05, 3.63) is 82.9 Å². The highest BCUT2D eigenvalue weighted by atomic mass is 127. The summed E-state index contributed by atoms with van der Waals surface area (Å²) < 4.78 is 2.22.